The summed E-state index contributed by atoms with van der Waals surface area (Å²) in [7, 11) is -21.7. The number of nitrogens with two attached hydrogens (primary N) is 3. The Morgan fingerprint density at radius 2 is 1.12 bits per heavy atom. The van der Waals surface area contributed by atoms with E-state index in [4.69, 9.17) is 54.2 Å². The van der Waals surface area contributed by atoms with E-state index in [1.54, 1.807) is 0 Å². The van der Waals surface area contributed by atoms with E-state index in [0.29, 0.717) is 0 Å². The van der Waals surface area contributed by atoms with Crippen molar-refractivity contribution in [3.63, 3.8) is 0 Å². The van der Waals surface area contributed by atoms with E-state index in [1.165, 1.54) is 17.9 Å². The van der Waals surface area contributed by atoms with Gasteiger partial charge in [-0.2, -0.15) is 41.3 Å². The van der Waals surface area contributed by atoms with Crippen molar-refractivity contribution in [2.45, 2.75) is 73.0 Å². The number of rotatable bonds is 21. The number of aliphatic hydroxyl groups is 3. The van der Waals surface area contributed by atoms with Crippen LogP contribution in [0, 0.1) is 5.92 Å². The van der Waals surface area contributed by atoms with Gasteiger partial charge in [0, 0.05) is 18.8 Å². The normalized spacial score (nSPS) is 29.3. The van der Waals surface area contributed by atoms with Gasteiger partial charge >= 0.3 is 42.4 Å². The minimum absolute atomic E-state index is 0.128. The number of hydrogen-bond donors (Lipinski definition) is 13. The molecular weight excluding hydrogens is 1220 g/mol. The third-order valence-corrected chi connectivity index (χ3v) is 18.4. The van der Waals surface area contributed by atoms with E-state index >= 15 is 0 Å². The number of thioether (sulfide) groups is 1. The van der Waals surface area contributed by atoms with Crippen molar-refractivity contribution in [3.8, 4) is 0 Å². The van der Waals surface area contributed by atoms with Gasteiger partial charge in [0.1, 0.15) is 42.7 Å². The molecule has 6 unspecified atom stereocenters. The SMILES string of the molecule is CO[C@@H]1[C@H](OP(=O)(O)OC[C@H]2O[C@@H](n3cnc4c(=O)[nH]c(N)nc43)[C@H](O)[C@@H]2O)C(COP(=O)(O)OP(=O)(O)OP(=O)(O)OC[C@H]2OC(n3c[n+](C)c4c(=O)[nH]c(N)nc43)[C@H](O)[C@@H]2CSC(F)(F)F)O[C@H]1n1cnc2c(=O)[nH]c(N)nc21. The van der Waals surface area contributed by atoms with E-state index in [0.717, 1.165) is 33.5 Å². The molecule has 6 aromatic rings. The molecule has 0 spiro atoms. The Hall–Kier alpha value is -5.17. The predicted molar refractivity (Wildman–Crippen MR) is 258 cm³/mol. The molecule has 81 heavy (non-hydrogen) atoms. The molecule has 47 heteroatoms. The summed E-state index contributed by atoms with van der Waals surface area (Å²) in [4.78, 5) is 107. The van der Waals surface area contributed by atoms with Crippen molar-refractivity contribution < 1.29 is 117 Å². The largest absolute Gasteiger partial charge is 0.490 e. The fraction of sp³-hybridized carbons (Fsp3) is 0.559. The van der Waals surface area contributed by atoms with Gasteiger partial charge in [-0.3, -0.25) is 56.6 Å². The first-order valence-corrected chi connectivity index (χ1v) is 29.5. The molecule has 0 aromatic carbocycles. The summed E-state index contributed by atoms with van der Waals surface area (Å²) in [6.45, 7) is -3.72. The number of phosphoric ester groups is 3. The Kier molecular flexibility index (Phi) is 16.7. The van der Waals surface area contributed by atoms with Crippen LogP contribution in [0.2, 0.25) is 0 Å². The first-order chi connectivity index (χ1) is 37.7. The molecule has 9 heterocycles. The molecular formula is C34H45F3N15O24P4S+. The van der Waals surface area contributed by atoms with E-state index < -0.39 is 176 Å². The van der Waals surface area contributed by atoms with Crippen LogP contribution in [-0.2, 0) is 71.0 Å². The molecule has 16 atom stereocenters. The second-order valence-corrected chi connectivity index (χ2v) is 24.7. The number of aliphatic hydroxyl groups excluding tert-OH is 3. The molecule has 3 aliphatic heterocycles. The zero-order valence-corrected chi connectivity index (χ0v) is 45.0. The number of aryl methyl sites for hydroxylation is 1. The van der Waals surface area contributed by atoms with E-state index in [-0.39, 0.29) is 39.4 Å². The number of hydrogen-bond acceptors (Lipinski definition) is 29. The van der Waals surface area contributed by atoms with Gasteiger partial charge in [0.05, 0.1) is 45.6 Å². The molecule has 0 saturated carbocycles. The molecule has 0 radical (unpaired) electrons. The van der Waals surface area contributed by atoms with Gasteiger partial charge in [-0.05, 0) is 0 Å². The number of alkyl halides is 3. The number of fused-ring (bicyclic) bond motifs is 3. The highest BCUT2D eigenvalue weighted by Gasteiger charge is 2.54. The predicted octanol–water partition coefficient (Wildman–Crippen LogP) is -2.91. The maximum Gasteiger partial charge on any atom is 0.490 e. The van der Waals surface area contributed by atoms with Crippen LogP contribution in [0.5, 0.6) is 0 Å². The smallest absolute Gasteiger partial charge is 0.387 e. The molecule has 39 nitrogen and oxygen atoms in total. The van der Waals surface area contributed by atoms with E-state index in [1.807, 2.05) is 0 Å². The van der Waals surface area contributed by atoms with Crippen molar-refractivity contribution in [3.05, 3.63) is 50.0 Å². The number of nitrogens with one attached hydrogen (secondary N) is 3. The van der Waals surface area contributed by atoms with Gasteiger partial charge in [0.2, 0.25) is 30.4 Å². The minimum atomic E-state index is -6.36. The van der Waals surface area contributed by atoms with Crippen molar-refractivity contribution in [2.75, 3.05) is 49.9 Å². The number of ether oxygens (including phenoxy) is 4. The summed E-state index contributed by atoms with van der Waals surface area (Å²) in [5.74, 6) is -3.78. The number of halogens is 3. The van der Waals surface area contributed by atoms with E-state index in [9.17, 15) is 80.7 Å². The summed E-state index contributed by atoms with van der Waals surface area (Å²) < 4.78 is 149. The quantitative estimate of drug-likeness (QED) is 0.0254. The van der Waals surface area contributed by atoms with Crippen LogP contribution in [0.15, 0.2) is 33.4 Å². The highest BCUT2D eigenvalue weighted by Crippen LogP contribution is 2.68. The summed E-state index contributed by atoms with van der Waals surface area (Å²) >= 11 is -0.631. The highest BCUT2D eigenvalue weighted by atomic mass is 32.2. The minimum Gasteiger partial charge on any atom is -0.387 e. The van der Waals surface area contributed by atoms with Gasteiger partial charge in [-0.15, -0.1) is 0 Å². The van der Waals surface area contributed by atoms with Crippen molar-refractivity contribution in [1.82, 2.24) is 53.6 Å². The van der Waals surface area contributed by atoms with Crippen LogP contribution in [0.4, 0.5) is 31.0 Å². The molecule has 0 aliphatic carbocycles. The van der Waals surface area contributed by atoms with Gasteiger partial charge in [0.15, 0.2) is 34.8 Å². The Morgan fingerprint density at radius 3 is 1.68 bits per heavy atom. The molecule has 446 valence electrons. The van der Waals surface area contributed by atoms with Crippen molar-refractivity contribution in [2.24, 2.45) is 13.0 Å². The Morgan fingerprint density at radius 1 is 0.654 bits per heavy atom. The van der Waals surface area contributed by atoms with Gasteiger partial charge < -0.3 is 71.0 Å². The first kappa shape index (κ1) is 60.4. The average Bonchev–Trinajstić information content (AvgIpc) is 4.41. The third kappa shape index (κ3) is 12.8. The van der Waals surface area contributed by atoms with Gasteiger partial charge in [0.25, 0.3) is 22.3 Å². The third-order valence-electron chi connectivity index (χ3n) is 12.2. The van der Waals surface area contributed by atoms with Crippen LogP contribution in [-0.4, -0.2) is 175 Å². The zero-order chi connectivity index (χ0) is 59.1. The number of methoxy groups -OCH3 is 1. The Balaban J connectivity index is 0.885. The summed E-state index contributed by atoms with van der Waals surface area (Å²) in [6, 6.07) is 0. The maximum atomic E-state index is 13.7. The second-order valence-electron chi connectivity index (χ2n) is 17.6. The number of H-pyrrole nitrogens is 3. The van der Waals surface area contributed by atoms with Gasteiger partial charge in [-0.1, -0.05) is 11.8 Å². The van der Waals surface area contributed by atoms with Crippen molar-refractivity contribution in [1.29, 1.82) is 0 Å². The number of imidazole rings is 3. The Bertz CT molecular complexity index is 3760. The number of aromatic nitrogens is 12. The molecule has 3 aliphatic rings. The fourth-order valence-electron chi connectivity index (χ4n) is 8.85. The fourth-order valence-corrected chi connectivity index (χ4v) is 14.1. The lowest BCUT2D eigenvalue weighted by atomic mass is 10.0. The average molecular weight is 1260 g/mol. The zero-order valence-electron chi connectivity index (χ0n) is 40.6. The lowest BCUT2D eigenvalue weighted by Gasteiger charge is -2.26. The first-order valence-electron chi connectivity index (χ1n) is 22.6. The standard InChI is InChI=1S/C34H44F3N15O24P4S/c1-49-9-52(24-16(49)27(58)48-33(40)45-24)28-17(53)10(6-81-34(35,36)37)11(71-28)3-69-78(61,62)75-80(65,66)76-79(63,64)70-5-13-20(21(67-2)30(73-13)51-8-42-15-23(51)44-32(39)47-26(15)57)74-77(59,60)68-4-12-18(54)19(55)29(72-12)50-7-41-14-22(50)43-31(38)46-25(14)56/h7-13,17-21,28-30,53-55H,3-6H2,1-2H3,(H12-,38,39,40,43,44,45,46,47,48,56,57,58,59,60,61,62,63,64,65,66)/p+1/t10-,11-,12-,13?,17-,18-,19-,20-,21-,28?,29-,30-/m1/s1. The lowest BCUT2D eigenvalue weighted by molar-refractivity contribution is -0.646. The summed E-state index contributed by atoms with van der Waals surface area (Å²) in [6.07, 6.45) is -16.4. The Labute approximate surface area is 449 Å². The molecule has 9 rings (SSSR count). The molecule has 3 saturated heterocycles. The highest BCUT2D eigenvalue weighted by molar-refractivity contribution is 8.00. The van der Waals surface area contributed by atoms with Crippen LogP contribution >= 0.6 is 43.1 Å². The van der Waals surface area contributed by atoms with Crippen molar-refractivity contribution >= 4 is 94.4 Å². The number of nitrogens with zero attached hydrogens (tertiary/aromatic N) is 9. The van der Waals surface area contributed by atoms with Crippen LogP contribution in [0.25, 0.3) is 33.5 Å². The van der Waals surface area contributed by atoms with Crippen LogP contribution in [0.3, 0.4) is 0 Å². The molecule has 3 fully saturated rings. The number of aromatic amines is 3. The van der Waals surface area contributed by atoms with E-state index in [2.05, 4.69) is 48.5 Å². The number of nitrogen functional groups attached to an aromatic ring is 3. The maximum absolute atomic E-state index is 13.7. The van der Waals surface area contributed by atoms with Crippen LogP contribution in [0.1, 0.15) is 18.7 Å². The molecule has 16 N–H and O–H groups in total. The molecule has 6 aromatic heterocycles. The monoisotopic (exact) mass is 1260 g/mol. The summed E-state index contributed by atoms with van der Waals surface area (Å²) in [5, 5.41) is 33.0. The van der Waals surface area contributed by atoms with Gasteiger partial charge in [-0.25, -0.2) is 32.8 Å². The second kappa shape index (κ2) is 22.4. The topological polar surface area (TPSA) is 562 Å². The summed E-state index contributed by atoms with van der Waals surface area (Å²) in [5.41, 5.74) is 8.40. The van der Waals surface area contributed by atoms with Crippen LogP contribution < -0.4 is 38.4 Å². The number of phosphoric acid groups is 4. The number of anilines is 3. The molecule has 0 amide bonds. The lowest BCUT2D eigenvalue weighted by Crippen LogP contribution is -2.38. The molecule has 0 bridgehead atoms.